The fraction of sp³-hybridized carbons (Fsp3) is 0.211. The van der Waals surface area contributed by atoms with Gasteiger partial charge in [0.15, 0.2) is 11.5 Å². The van der Waals surface area contributed by atoms with Gasteiger partial charge in [0, 0.05) is 47.5 Å². The van der Waals surface area contributed by atoms with Crippen molar-refractivity contribution in [2.45, 2.75) is 0 Å². The Morgan fingerprint density at radius 1 is 0.960 bits per heavy atom. The van der Waals surface area contributed by atoms with Crippen LogP contribution in [0.3, 0.4) is 0 Å². The number of methoxy groups -OCH3 is 3. The number of aryl methyl sites for hydroxylation is 1. The van der Waals surface area contributed by atoms with E-state index in [-0.39, 0.29) is 5.91 Å². The molecule has 0 aliphatic rings. The SMILES string of the molecule is COc1cc(NC(=O)c2ccc3c(ccn3C)c2)cc(OC)c1OC. The molecule has 3 rings (SSSR count). The van der Waals surface area contributed by atoms with Gasteiger partial charge in [-0.2, -0.15) is 0 Å². The molecular formula is C19H20N2O4. The normalized spacial score (nSPS) is 10.6. The first kappa shape index (κ1) is 16.7. The molecule has 0 radical (unpaired) electrons. The highest BCUT2D eigenvalue weighted by Gasteiger charge is 2.15. The van der Waals surface area contributed by atoms with E-state index in [1.165, 1.54) is 21.3 Å². The van der Waals surface area contributed by atoms with Gasteiger partial charge < -0.3 is 24.1 Å². The van der Waals surface area contributed by atoms with Gasteiger partial charge in [0.1, 0.15) is 0 Å². The van der Waals surface area contributed by atoms with Gasteiger partial charge in [-0.05, 0) is 24.3 Å². The zero-order valence-corrected chi connectivity index (χ0v) is 14.6. The molecule has 1 N–H and O–H groups in total. The first-order valence-corrected chi connectivity index (χ1v) is 7.74. The first-order chi connectivity index (χ1) is 12.1. The number of hydrogen-bond donors (Lipinski definition) is 1. The molecule has 1 aromatic heterocycles. The molecule has 130 valence electrons. The van der Waals surface area contributed by atoms with Gasteiger partial charge in [-0.15, -0.1) is 0 Å². The van der Waals surface area contributed by atoms with E-state index in [0.717, 1.165) is 10.9 Å². The van der Waals surface area contributed by atoms with Gasteiger partial charge in [-0.25, -0.2) is 0 Å². The molecule has 0 aliphatic heterocycles. The molecule has 0 atom stereocenters. The minimum Gasteiger partial charge on any atom is -0.493 e. The van der Waals surface area contributed by atoms with E-state index in [1.54, 1.807) is 18.2 Å². The molecule has 0 saturated heterocycles. The summed E-state index contributed by atoms with van der Waals surface area (Å²) in [6.07, 6.45) is 1.96. The van der Waals surface area contributed by atoms with Gasteiger partial charge in [0.25, 0.3) is 5.91 Å². The van der Waals surface area contributed by atoms with Crippen LogP contribution in [0.1, 0.15) is 10.4 Å². The molecule has 6 heteroatoms. The Morgan fingerprint density at radius 2 is 1.64 bits per heavy atom. The second-order valence-corrected chi connectivity index (χ2v) is 5.57. The number of aromatic nitrogens is 1. The number of nitrogens with one attached hydrogen (secondary N) is 1. The summed E-state index contributed by atoms with van der Waals surface area (Å²) in [4.78, 5) is 12.6. The van der Waals surface area contributed by atoms with E-state index in [4.69, 9.17) is 14.2 Å². The number of hydrogen-bond acceptors (Lipinski definition) is 4. The number of amides is 1. The van der Waals surface area contributed by atoms with E-state index < -0.39 is 0 Å². The minimum absolute atomic E-state index is 0.208. The maximum absolute atomic E-state index is 12.6. The lowest BCUT2D eigenvalue weighted by Crippen LogP contribution is -2.12. The summed E-state index contributed by atoms with van der Waals surface area (Å²) >= 11 is 0. The lowest BCUT2D eigenvalue weighted by Gasteiger charge is -2.14. The predicted octanol–water partition coefficient (Wildman–Crippen LogP) is 3.46. The topological polar surface area (TPSA) is 61.7 Å². The van der Waals surface area contributed by atoms with Gasteiger partial charge >= 0.3 is 0 Å². The van der Waals surface area contributed by atoms with Crippen LogP contribution < -0.4 is 19.5 Å². The summed E-state index contributed by atoms with van der Waals surface area (Å²) in [5.74, 6) is 1.24. The third-order valence-corrected chi connectivity index (χ3v) is 4.07. The zero-order chi connectivity index (χ0) is 18.0. The number of benzene rings is 2. The Morgan fingerprint density at radius 3 is 2.24 bits per heavy atom. The summed E-state index contributed by atoms with van der Waals surface area (Å²) in [6, 6.07) is 11.0. The highest BCUT2D eigenvalue weighted by atomic mass is 16.5. The summed E-state index contributed by atoms with van der Waals surface area (Å²) < 4.78 is 17.9. The standard InChI is InChI=1S/C19H20N2O4/c1-21-8-7-12-9-13(5-6-15(12)21)19(22)20-14-10-16(23-2)18(25-4)17(11-14)24-3/h5-11H,1-4H3,(H,20,22). The molecule has 2 aromatic carbocycles. The number of ether oxygens (including phenoxy) is 3. The molecule has 6 nitrogen and oxygen atoms in total. The molecule has 1 amide bonds. The fourth-order valence-corrected chi connectivity index (χ4v) is 2.78. The molecule has 25 heavy (non-hydrogen) atoms. The number of carbonyl (C=O) groups excluding carboxylic acids is 1. The molecular weight excluding hydrogens is 320 g/mol. The van der Waals surface area contributed by atoms with E-state index >= 15 is 0 Å². The molecule has 3 aromatic rings. The largest absolute Gasteiger partial charge is 0.493 e. The molecule has 0 unspecified atom stereocenters. The lowest BCUT2D eigenvalue weighted by atomic mass is 10.1. The van der Waals surface area contributed by atoms with Gasteiger partial charge in [-0.3, -0.25) is 4.79 Å². The van der Waals surface area contributed by atoms with E-state index in [0.29, 0.717) is 28.5 Å². The average Bonchev–Trinajstić information content (AvgIpc) is 3.01. The molecule has 0 fully saturated rings. The van der Waals surface area contributed by atoms with Crippen molar-refractivity contribution in [1.29, 1.82) is 0 Å². The number of anilines is 1. The molecule has 0 aliphatic carbocycles. The van der Waals surface area contributed by atoms with Crippen molar-refractivity contribution in [3.63, 3.8) is 0 Å². The fourth-order valence-electron chi connectivity index (χ4n) is 2.78. The van der Waals surface area contributed by atoms with Crippen molar-refractivity contribution in [1.82, 2.24) is 4.57 Å². The molecule has 0 saturated carbocycles. The van der Waals surface area contributed by atoms with Crippen molar-refractivity contribution >= 4 is 22.5 Å². The third kappa shape index (κ3) is 3.10. The van der Waals surface area contributed by atoms with Crippen molar-refractivity contribution in [2.75, 3.05) is 26.6 Å². The molecule has 0 bridgehead atoms. The van der Waals surface area contributed by atoms with Crippen LogP contribution in [0, 0.1) is 0 Å². The van der Waals surface area contributed by atoms with Crippen molar-refractivity contribution in [2.24, 2.45) is 7.05 Å². The van der Waals surface area contributed by atoms with Crippen LogP contribution in [0.15, 0.2) is 42.6 Å². The van der Waals surface area contributed by atoms with Gasteiger partial charge in [0.2, 0.25) is 5.75 Å². The average molecular weight is 340 g/mol. The van der Waals surface area contributed by atoms with Crippen LogP contribution in [0.4, 0.5) is 5.69 Å². The van der Waals surface area contributed by atoms with Crippen LogP contribution in [-0.4, -0.2) is 31.8 Å². The van der Waals surface area contributed by atoms with Crippen LogP contribution in [0.25, 0.3) is 10.9 Å². The minimum atomic E-state index is -0.208. The maximum Gasteiger partial charge on any atom is 0.255 e. The Bertz CT molecular complexity index is 905. The summed E-state index contributed by atoms with van der Waals surface area (Å²) in [6.45, 7) is 0. The number of nitrogens with zero attached hydrogens (tertiary/aromatic N) is 1. The van der Waals surface area contributed by atoms with Crippen LogP contribution >= 0.6 is 0 Å². The smallest absolute Gasteiger partial charge is 0.255 e. The van der Waals surface area contributed by atoms with Crippen LogP contribution in [0.2, 0.25) is 0 Å². The quantitative estimate of drug-likeness (QED) is 0.773. The third-order valence-electron chi connectivity index (χ3n) is 4.07. The van der Waals surface area contributed by atoms with Gasteiger partial charge in [0.05, 0.1) is 21.3 Å². The first-order valence-electron chi connectivity index (χ1n) is 7.74. The van der Waals surface area contributed by atoms with Crippen molar-refractivity contribution in [3.05, 3.63) is 48.2 Å². The second-order valence-electron chi connectivity index (χ2n) is 5.57. The number of carbonyl (C=O) groups is 1. The van der Waals surface area contributed by atoms with Gasteiger partial charge in [-0.1, -0.05) is 0 Å². The lowest BCUT2D eigenvalue weighted by molar-refractivity contribution is 0.102. The maximum atomic E-state index is 12.6. The van der Waals surface area contributed by atoms with Crippen molar-refractivity contribution < 1.29 is 19.0 Å². The summed E-state index contributed by atoms with van der Waals surface area (Å²) in [5.41, 5.74) is 2.21. The summed E-state index contributed by atoms with van der Waals surface area (Å²) in [7, 11) is 6.57. The monoisotopic (exact) mass is 340 g/mol. The van der Waals surface area contributed by atoms with E-state index in [9.17, 15) is 4.79 Å². The highest BCUT2D eigenvalue weighted by molar-refractivity contribution is 6.06. The number of rotatable bonds is 5. The predicted molar refractivity (Wildman–Crippen MR) is 97.0 cm³/mol. The Labute approximate surface area is 145 Å². The number of fused-ring (bicyclic) bond motifs is 1. The van der Waals surface area contributed by atoms with E-state index in [1.807, 2.05) is 36.0 Å². The Balaban J connectivity index is 1.91. The van der Waals surface area contributed by atoms with Crippen molar-refractivity contribution in [3.8, 4) is 17.2 Å². The highest BCUT2D eigenvalue weighted by Crippen LogP contribution is 2.40. The Hall–Kier alpha value is -3.15. The Kier molecular flexibility index (Phi) is 4.52. The zero-order valence-electron chi connectivity index (χ0n) is 14.6. The summed E-state index contributed by atoms with van der Waals surface area (Å²) in [5, 5.41) is 3.88. The van der Waals surface area contributed by atoms with Crippen LogP contribution in [0.5, 0.6) is 17.2 Å². The second kappa shape index (κ2) is 6.76. The molecule has 0 spiro atoms. The van der Waals surface area contributed by atoms with E-state index in [2.05, 4.69) is 5.32 Å². The molecule has 1 heterocycles. The van der Waals surface area contributed by atoms with Crippen LogP contribution in [-0.2, 0) is 7.05 Å².